The Kier molecular flexibility index (Phi) is 3.53. The fraction of sp³-hybridized carbons (Fsp3) is 0.647. The van der Waals surface area contributed by atoms with Gasteiger partial charge in [-0.25, -0.2) is 0 Å². The van der Waals surface area contributed by atoms with Crippen molar-refractivity contribution in [2.24, 2.45) is 5.41 Å². The van der Waals surface area contributed by atoms with Crippen LogP contribution in [0.4, 0.5) is 5.69 Å². The number of rotatable bonds is 6. The lowest BCUT2D eigenvalue weighted by Gasteiger charge is -2.51. The molecular formula is C17H26N2. The van der Waals surface area contributed by atoms with Crippen LogP contribution in [0.3, 0.4) is 0 Å². The number of nitrogens with zero attached hydrogens (tertiary/aromatic N) is 1. The Bertz CT molecular complexity index is 425. The van der Waals surface area contributed by atoms with Crippen molar-refractivity contribution >= 4 is 5.69 Å². The van der Waals surface area contributed by atoms with Crippen molar-refractivity contribution in [2.75, 3.05) is 18.0 Å². The molecule has 1 saturated heterocycles. The van der Waals surface area contributed by atoms with Crippen molar-refractivity contribution in [1.82, 2.24) is 5.32 Å². The van der Waals surface area contributed by atoms with Crippen LogP contribution >= 0.6 is 0 Å². The molecule has 0 unspecified atom stereocenters. The zero-order valence-corrected chi connectivity index (χ0v) is 12.3. The Morgan fingerprint density at radius 1 is 1.21 bits per heavy atom. The van der Waals surface area contributed by atoms with E-state index in [-0.39, 0.29) is 0 Å². The van der Waals surface area contributed by atoms with Gasteiger partial charge in [0.2, 0.25) is 0 Å². The molecule has 1 aromatic carbocycles. The lowest BCUT2D eigenvalue weighted by atomic mass is 9.75. The second kappa shape index (κ2) is 5.16. The molecule has 1 aromatic rings. The molecule has 0 aromatic heterocycles. The van der Waals surface area contributed by atoms with Gasteiger partial charge in [-0.05, 0) is 43.4 Å². The summed E-state index contributed by atoms with van der Waals surface area (Å²) in [6.45, 7) is 8.16. The molecule has 0 radical (unpaired) electrons. The first-order chi connectivity index (χ1) is 9.24. The van der Waals surface area contributed by atoms with Gasteiger partial charge in [0.05, 0.1) is 0 Å². The van der Waals surface area contributed by atoms with Gasteiger partial charge in [0.1, 0.15) is 0 Å². The highest BCUT2D eigenvalue weighted by molar-refractivity contribution is 5.51. The summed E-state index contributed by atoms with van der Waals surface area (Å²) in [6, 6.07) is 9.86. The summed E-state index contributed by atoms with van der Waals surface area (Å²) in [7, 11) is 0. The van der Waals surface area contributed by atoms with Crippen LogP contribution < -0.4 is 10.2 Å². The molecule has 0 amide bonds. The van der Waals surface area contributed by atoms with Crippen LogP contribution in [-0.4, -0.2) is 19.1 Å². The predicted molar refractivity (Wildman–Crippen MR) is 81.5 cm³/mol. The minimum absolute atomic E-state index is 0.586. The fourth-order valence-electron chi connectivity index (χ4n) is 3.06. The lowest BCUT2D eigenvalue weighted by Crippen LogP contribution is -2.55. The topological polar surface area (TPSA) is 15.3 Å². The highest BCUT2D eigenvalue weighted by atomic mass is 15.2. The Balaban J connectivity index is 1.60. The van der Waals surface area contributed by atoms with Gasteiger partial charge in [0, 0.05) is 36.8 Å². The SMILES string of the molecule is CCC1(CC)CN(c2cccc(CNC3CC3)c2)C1. The molecule has 1 aliphatic carbocycles. The maximum atomic E-state index is 3.60. The Hall–Kier alpha value is -1.02. The number of benzene rings is 1. The predicted octanol–water partition coefficient (Wildman–Crippen LogP) is 3.57. The van der Waals surface area contributed by atoms with Crippen LogP contribution in [0.2, 0.25) is 0 Å². The molecule has 2 nitrogen and oxygen atoms in total. The monoisotopic (exact) mass is 258 g/mol. The largest absolute Gasteiger partial charge is 0.370 e. The summed E-state index contributed by atoms with van der Waals surface area (Å²) >= 11 is 0. The van der Waals surface area contributed by atoms with Crippen molar-refractivity contribution in [3.63, 3.8) is 0 Å². The van der Waals surface area contributed by atoms with Crippen LogP contribution in [0.15, 0.2) is 24.3 Å². The minimum Gasteiger partial charge on any atom is -0.370 e. The summed E-state index contributed by atoms with van der Waals surface area (Å²) in [5.41, 5.74) is 3.42. The lowest BCUT2D eigenvalue weighted by molar-refractivity contribution is 0.194. The van der Waals surface area contributed by atoms with E-state index < -0.39 is 0 Å². The molecule has 1 heterocycles. The molecule has 0 bridgehead atoms. The average molecular weight is 258 g/mol. The number of hydrogen-bond donors (Lipinski definition) is 1. The quantitative estimate of drug-likeness (QED) is 0.839. The van der Waals surface area contributed by atoms with Gasteiger partial charge in [-0.3, -0.25) is 0 Å². The first kappa shape index (κ1) is 13.0. The van der Waals surface area contributed by atoms with Crippen LogP contribution in [0, 0.1) is 5.41 Å². The maximum Gasteiger partial charge on any atom is 0.0369 e. The van der Waals surface area contributed by atoms with E-state index in [4.69, 9.17) is 0 Å². The van der Waals surface area contributed by atoms with Crippen LogP contribution in [0.5, 0.6) is 0 Å². The molecule has 0 spiro atoms. The van der Waals surface area contributed by atoms with Gasteiger partial charge in [0.15, 0.2) is 0 Å². The number of anilines is 1. The molecule has 1 aliphatic heterocycles. The molecule has 2 aliphatic rings. The van der Waals surface area contributed by atoms with Crippen molar-refractivity contribution in [1.29, 1.82) is 0 Å². The van der Waals surface area contributed by atoms with E-state index in [0.29, 0.717) is 5.41 Å². The molecule has 2 fully saturated rings. The summed E-state index contributed by atoms with van der Waals surface area (Å²) in [5.74, 6) is 0. The molecule has 1 N–H and O–H groups in total. The summed E-state index contributed by atoms with van der Waals surface area (Å²) in [5, 5.41) is 3.60. The van der Waals surface area contributed by atoms with Gasteiger partial charge in [-0.15, -0.1) is 0 Å². The van der Waals surface area contributed by atoms with E-state index >= 15 is 0 Å². The highest BCUT2D eigenvalue weighted by Crippen LogP contribution is 2.39. The van der Waals surface area contributed by atoms with Gasteiger partial charge >= 0.3 is 0 Å². The first-order valence-electron chi connectivity index (χ1n) is 7.82. The van der Waals surface area contributed by atoms with Crippen LogP contribution in [0.25, 0.3) is 0 Å². The van der Waals surface area contributed by atoms with E-state index in [1.54, 1.807) is 0 Å². The van der Waals surface area contributed by atoms with Gasteiger partial charge < -0.3 is 10.2 Å². The third kappa shape index (κ3) is 2.79. The fourth-order valence-corrected chi connectivity index (χ4v) is 3.06. The van der Waals surface area contributed by atoms with Crippen molar-refractivity contribution in [3.8, 4) is 0 Å². The third-order valence-corrected chi connectivity index (χ3v) is 5.00. The molecule has 104 valence electrons. The van der Waals surface area contributed by atoms with Crippen molar-refractivity contribution in [2.45, 2.75) is 52.1 Å². The normalized spacial score (nSPS) is 21.3. The summed E-state index contributed by atoms with van der Waals surface area (Å²) in [6.07, 6.45) is 5.34. The molecule has 2 heteroatoms. The first-order valence-corrected chi connectivity index (χ1v) is 7.82. The Morgan fingerprint density at radius 2 is 1.95 bits per heavy atom. The second-order valence-corrected chi connectivity index (χ2v) is 6.39. The summed E-state index contributed by atoms with van der Waals surface area (Å²) in [4.78, 5) is 2.54. The molecule has 0 atom stereocenters. The van der Waals surface area contributed by atoms with E-state index in [2.05, 4.69) is 48.3 Å². The molecular weight excluding hydrogens is 232 g/mol. The Labute approximate surface area is 117 Å². The molecule has 19 heavy (non-hydrogen) atoms. The summed E-state index contributed by atoms with van der Waals surface area (Å²) < 4.78 is 0. The highest BCUT2D eigenvalue weighted by Gasteiger charge is 2.39. The van der Waals surface area contributed by atoms with Crippen LogP contribution in [0.1, 0.15) is 45.1 Å². The average Bonchev–Trinajstić information content (AvgIpc) is 3.21. The van der Waals surface area contributed by atoms with Gasteiger partial charge in [-0.2, -0.15) is 0 Å². The van der Waals surface area contributed by atoms with Crippen LogP contribution in [-0.2, 0) is 6.54 Å². The second-order valence-electron chi connectivity index (χ2n) is 6.39. The molecule has 3 rings (SSSR count). The maximum absolute atomic E-state index is 3.60. The van der Waals surface area contributed by atoms with E-state index in [0.717, 1.165) is 12.6 Å². The van der Waals surface area contributed by atoms with E-state index in [1.165, 1.54) is 50.0 Å². The zero-order valence-electron chi connectivity index (χ0n) is 12.3. The third-order valence-electron chi connectivity index (χ3n) is 5.00. The number of hydrogen-bond acceptors (Lipinski definition) is 2. The standard InChI is InChI=1S/C17H26N2/c1-3-17(4-2)12-19(13-17)16-7-5-6-14(10-16)11-18-15-8-9-15/h5-7,10,15,18H,3-4,8-9,11-13H2,1-2H3. The number of nitrogens with one attached hydrogen (secondary N) is 1. The van der Waals surface area contributed by atoms with E-state index in [9.17, 15) is 0 Å². The zero-order chi connectivity index (χ0) is 13.3. The minimum atomic E-state index is 0.586. The van der Waals surface area contributed by atoms with Gasteiger partial charge in [0.25, 0.3) is 0 Å². The van der Waals surface area contributed by atoms with Crippen molar-refractivity contribution in [3.05, 3.63) is 29.8 Å². The van der Waals surface area contributed by atoms with Crippen molar-refractivity contribution < 1.29 is 0 Å². The van der Waals surface area contributed by atoms with Gasteiger partial charge in [-0.1, -0.05) is 26.0 Å². The smallest absolute Gasteiger partial charge is 0.0369 e. The van der Waals surface area contributed by atoms with E-state index in [1.807, 2.05) is 0 Å². The Morgan fingerprint density at radius 3 is 2.58 bits per heavy atom. The molecule has 1 saturated carbocycles.